The molecule has 0 amide bonds. The molecule has 0 bridgehead atoms. The second-order valence-corrected chi connectivity index (χ2v) is 5.49. The van der Waals surface area contributed by atoms with Crippen LogP contribution in [0.25, 0.3) is 0 Å². The van der Waals surface area contributed by atoms with Crippen molar-refractivity contribution in [2.45, 2.75) is 31.7 Å². The SMILES string of the molecule is O=C(O)CN(CCOc1ccccc1Cl)C1CCCC1. The Kier molecular flexibility index (Phi) is 5.68. The van der Waals surface area contributed by atoms with Gasteiger partial charge >= 0.3 is 5.97 Å². The molecule has 0 aliphatic heterocycles. The smallest absolute Gasteiger partial charge is 0.317 e. The predicted octanol–water partition coefficient (Wildman–Crippen LogP) is 3.05. The van der Waals surface area contributed by atoms with Gasteiger partial charge in [-0.25, -0.2) is 0 Å². The first-order valence-electron chi connectivity index (χ1n) is 7.00. The fraction of sp³-hybridized carbons (Fsp3) is 0.533. The number of carboxylic acid groups (broad SMARTS) is 1. The van der Waals surface area contributed by atoms with Gasteiger partial charge < -0.3 is 9.84 Å². The number of rotatable bonds is 7. The second kappa shape index (κ2) is 7.50. The van der Waals surface area contributed by atoms with Gasteiger partial charge in [0.1, 0.15) is 12.4 Å². The highest BCUT2D eigenvalue weighted by Gasteiger charge is 2.24. The summed E-state index contributed by atoms with van der Waals surface area (Å²) in [6.07, 6.45) is 4.54. The van der Waals surface area contributed by atoms with Crippen molar-refractivity contribution in [1.82, 2.24) is 4.90 Å². The molecular formula is C15H20ClNO3. The van der Waals surface area contributed by atoms with Crippen molar-refractivity contribution in [2.75, 3.05) is 19.7 Å². The molecule has 110 valence electrons. The summed E-state index contributed by atoms with van der Waals surface area (Å²) in [6.45, 7) is 1.15. The van der Waals surface area contributed by atoms with Crippen LogP contribution in [-0.2, 0) is 4.79 Å². The minimum atomic E-state index is -0.783. The van der Waals surface area contributed by atoms with E-state index in [0.29, 0.717) is 30.0 Å². The highest BCUT2D eigenvalue weighted by molar-refractivity contribution is 6.32. The molecule has 0 heterocycles. The Morgan fingerprint density at radius 2 is 2.05 bits per heavy atom. The molecular weight excluding hydrogens is 278 g/mol. The molecule has 1 saturated carbocycles. The molecule has 0 aromatic heterocycles. The van der Waals surface area contributed by atoms with Gasteiger partial charge in [-0.15, -0.1) is 0 Å². The van der Waals surface area contributed by atoms with Gasteiger partial charge in [-0.2, -0.15) is 0 Å². The van der Waals surface area contributed by atoms with Crippen molar-refractivity contribution < 1.29 is 14.6 Å². The molecule has 1 aromatic rings. The Hall–Kier alpha value is -1.26. The normalized spacial score (nSPS) is 15.7. The molecule has 1 fully saturated rings. The van der Waals surface area contributed by atoms with Gasteiger partial charge in [-0.05, 0) is 25.0 Å². The molecule has 0 atom stereocenters. The number of aliphatic carboxylic acids is 1. The Labute approximate surface area is 124 Å². The Morgan fingerprint density at radius 3 is 2.70 bits per heavy atom. The lowest BCUT2D eigenvalue weighted by atomic mass is 10.2. The van der Waals surface area contributed by atoms with Crippen molar-refractivity contribution in [2.24, 2.45) is 0 Å². The first-order chi connectivity index (χ1) is 9.66. The number of ether oxygens (including phenoxy) is 1. The zero-order valence-electron chi connectivity index (χ0n) is 11.4. The van der Waals surface area contributed by atoms with Gasteiger partial charge in [0.25, 0.3) is 0 Å². The molecule has 0 radical (unpaired) electrons. The quantitative estimate of drug-likeness (QED) is 0.840. The zero-order valence-corrected chi connectivity index (χ0v) is 12.2. The van der Waals surface area contributed by atoms with Crippen LogP contribution < -0.4 is 4.74 Å². The van der Waals surface area contributed by atoms with Gasteiger partial charge in [0.15, 0.2) is 0 Å². The van der Waals surface area contributed by atoms with Gasteiger partial charge in [-0.1, -0.05) is 36.6 Å². The third-order valence-electron chi connectivity index (χ3n) is 3.65. The average molecular weight is 298 g/mol. The van der Waals surface area contributed by atoms with E-state index in [4.69, 9.17) is 21.4 Å². The first-order valence-corrected chi connectivity index (χ1v) is 7.38. The van der Waals surface area contributed by atoms with Gasteiger partial charge in [-0.3, -0.25) is 9.69 Å². The lowest BCUT2D eigenvalue weighted by Gasteiger charge is -2.26. The van der Waals surface area contributed by atoms with Crippen LogP contribution >= 0.6 is 11.6 Å². The maximum Gasteiger partial charge on any atom is 0.317 e. The third-order valence-corrected chi connectivity index (χ3v) is 3.96. The van der Waals surface area contributed by atoms with Crippen molar-refractivity contribution in [3.63, 3.8) is 0 Å². The van der Waals surface area contributed by atoms with Crippen LogP contribution in [-0.4, -0.2) is 41.7 Å². The number of benzene rings is 1. The van der Waals surface area contributed by atoms with Crippen molar-refractivity contribution >= 4 is 17.6 Å². The Bertz CT molecular complexity index is 446. The molecule has 20 heavy (non-hydrogen) atoms. The van der Waals surface area contributed by atoms with Crippen molar-refractivity contribution in [3.05, 3.63) is 29.3 Å². The van der Waals surface area contributed by atoms with Crippen molar-refractivity contribution in [3.8, 4) is 5.75 Å². The van der Waals surface area contributed by atoms with Gasteiger partial charge in [0, 0.05) is 12.6 Å². The molecule has 1 aliphatic carbocycles. The minimum absolute atomic E-state index is 0.0799. The Morgan fingerprint density at radius 1 is 1.35 bits per heavy atom. The molecule has 2 rings (SSSR count). The molecule has 4 nitrogen and oxygen atoms in total. The van der Waals surface area contributed by atoms with E-state index in [0.717, 1.165) is 12.8 Å². The third kappa shape index (κ3) is 4.39. The van der Waals surface area contributed by atoms with E-state index in [1.807, 2.05) is 23.1 Å². The topological polar surface area (TPSA) is 49.8 Å². The summed E-state index contributed by atoms with van der Waals surface area (Å²) in [7, 11) is 0. The van der Waals surface area contributed by atoms with E-state index in [1.165, 1.54) is 12.8 Å². The number of carboxylic acids is 1. The lowest BCUT2D eigenvalue weighted by molar-refractivity contribution is -0.139. The maximum absolute atomic E-state index is 11.0. The summed E-state index contributed by atoms with van der Waals surface area (Å²) in [5.74, 6) is -0.134. The van der Waals surface area contributed by atoms with Crippen LogP contribution in [0.3, 0.4) is 0 Å². The monoisotopic (exact) mass is 297 g/mol. The number of carbonyl (C=O) groups is 1. The summed E-state index contributed by atoms with van der Waals surface area (Å²) in [5.41, 5.74) is 0. The Balaban J connectivity index is 1.85. The number of halogens is 1. The zero-order chi connectivity index (χ0) is 14.4. The first kappa shape index (κ1) is 15.1. The molecule has 5 heteroatoms. The highest BCUT2D eigenvalue weighted by atomic mass is 35.5. The molecule has 0 unspecified atom stereocenters. The molecule has 1 aromatic carbocycles. The van der Waals surface area contributed by atoms with Crippen LogP contribution in [0.1, 0.15) is 25.7 Å². The summed E-state index contributed by atoms with van der Waals surface area (Å²) in [5, 5.41) is 9.58. The van der Waals surface area contributed by atoms with E-state index in [2.05, 4.69) is 0 Å². The van der Waals surface area contributed by atoms with Crippen LogP contribution in [0.4, 0.5) is 0 Å². The standard InChI is InChI=1S/C15H20ClNO3/c16-13-7-3-4-8-14(13)20-10-9-17(11-15(18)19)12-5-1-2-6-12/h3-4,7-8,12H,1-2,5-6,9-11H2,(H,18,19). The highest BCUT2D eigenvalue weighted by Crippen LogP contribution is 2.25. The molecule has 0 saturated heterocycles. The summed E-state index contributed by atoms with van der Waals surface area (Å²) in [4.78, 5) is 13.0. The van der Waals surface area contributed by atoms with Gasteiger partial charge in [0.2, 0.25) is 0 Å². The van der Waals surface area contributed by atoms with E-state index in [1.54, 1.807) is 6.07 Å². The maximum atomic E-state index is 11.0. The summed E-state index contributed by atoms with van der Waals surface area (Å²) in [6, 6.07) is 7.70. The summed E-state index contributed by atoms with van der Waals surface area (Å²) < 4.78 is 5.64. The van der Waals surface area contributed by atoms with E-state index >= 15 is 0 Å². The summed E-state index contributed by atoms with van der Waals surface area (Å²) >= 11 is 6.02. The van der Waals surface area contributed by atoms with Crippen LogP contribution in [0.5, 0.6) is 5.75 Å². The van der Waals surface area contributed by atoms with Crippen LogP contribution in [0.2, 0.25) is 5.02 Å². The fourth-order valence-electron chi connectivity index (χ4n) is 2.67. The lowest BCUT2D eigenvalue weighted by Crippen LogP contribution is -2.40. The van der Waals surface area contributed by atoms with Gasteiger partial charge in [0.05, 0.1) is 11.6 Å². The van der Waals surface area contributed by atoms with Crippen molar-refractivity contribution in [1.29, 1.82) is 0 Å². The molecule has 1 N–H and O–H groups in total. The fourth-order valence-corrected chi connectivity index (χ4v) is 2.86. The second-order valence-electron chi connectivity index (χ2n) is 5.08. The minimum Gasteiger partial charge on any atom is -0.491 e. The van der Waals surface area contributed by atoms with Crippen LogP contribution in [0, 0.1) is 0 Å². The largest absolute Gasteiger partial charge is 0.491 e. The number of hydrogen-bond donors (Lipinski definition) is 1. The number of nitrogens with zero attached hydrogens (tertiary/aromatic N) is 1. The average Bonchev–Trinajstić information content (AvgIpc) is 2.93. The molecule has 0 spiro atoms. The van der Waals surface area contributed by atoms with E-state index in [-0.39, 0.29) is 6.54 Å². The number of para-hydroxylation sites is 1. The van der Waals surface area contributed by atoms with E-state index < -0.39 is 5.97 Å². The van der Waals surface area contributed by atoms with E-state index in [9.17, 15) is 4.79 Å². The molecule has 1 aliphatic rings. The number of hydrogen-bond acceptors (Lipinski definition) is 3. The predicted molar refractivity (Wildman–Crippen MR) is 78.4 cm³/mol. The van der Waals surface area contributed by atoms with Crippen LogP contribution in [0.15, 0.2) is 24.3 Å².